The van der Waals surface area contributed by atoms with E-state index in [4.69, 9.17) is 9.15 Å². The SMILES string of the molecule is CCOC(=O)[C@@H](NC(=O)c1ccco1)C(C)C. The molecule has 0 unspecified atom stereocenters. The summed E-state index contributed by atoms with van der Waals surface area (Å²) in [6.07, 6.45) is 1.41. The fraction of sp³-hybridized carbons (Fsp3) is 0.500. The van der Waals surface area contributed by atoms with Crippen molar-refractivity contribution in [1.29, 1.82) is 0 Å². The summed E-state index contributed by atoms with van der Waals surface area (Å²) < 4.78 is 9.85. The predicted molar refractivity (Wildman–Crippen MR) is 61.4 cm³/mol. The number of nitrogens with one attached hydrogen (secondary N) is 1. The third kappa shape index (κ3) is 3.62. The molecule has 1 rings (SSSR count). The van der Waals surface area contributed by atoms with E-state index in [1.165, 1.54) is 12.3 Å². The average molecular weight is 239 g/mol. The van der Waals surface area contributed by atoms with E-state index in [1.807, 2.05) is 13.8 Å². The molecule has 5 heteroatoms. The molecule has 1 aromatic heterocycles. The number of hydrogen-bond acceptors (Lipinski definition) is 4. The Bertz CT molecular complexity index is 370. The molecule has 17 heavy (non-hydrogen) atoms. The molecule has 0 saturated carbocycles. The molecule has 0 aliphatic heterocycles. The molecular formula is C12H17NO4. The van der Waals surface area contributed by atoms with Gasteiger partial charge in [0.25, 0.3) is 5.91 Å². The summed E-state index contributed by atoms with van der Waals surface area (Å²) in [4.78, 5) is 23.3. The van der Waals surface area contributed by atoms with Crippen LogP contribution in [0.25, 0.3) is 0 Å². The molecule has 1 heterocycles. The monoisotopic (exact) mass is 239 g/mol. The van der Waals surface area contributed by atoms with Crippen LogP contribution in [0.2, 0.25) is 0 Å². The smallest absolute Gasteiger partial charge is 0.328 e. The first kappa shape index (κ1) is 13.3. The first-order valence-corrected chi connectivity index (χ1v) is 5.57. The van der Waals surface area contributed by atoms with Crippen molar-refractivity contribution in [3.05, 3.63) is 24.2 Å². The van der Waals surface area contributed by atoms with E-state index in [0.717, 1.165) is 0 Å². The van der Waals surface area contributed by atoms with Gasteiger partial charge in [0, 0.05) is 0 Å². The van der Waals surface area contributed by atoms with Gasteiger partial charge in [-0.25, -0.2) is 4.79 Å². The molecule has 0 fully saturated rings. The Morgan fingerprint density at radius 1 is 1.47 bits per heavy atom. The second-order valence-corrected chi connectivity index (χ2v) is 3.92. The largest absolute Gasteiger partial charge is 0.464 e. The van der Waals surface area contributed by atoms with Crippen molar-refractivity contribution in [2.24, 2.45) is 5.92 Å². The van der Waals surface area contributed by atoms with E-state index in [-0.39, 0.29) is 11.7 Å². The Morgan fingerprint density at radius 2 is 2.18 bits per heavy atom. The van der Waals surface area contributed by atoms with E-state index in [0.29, 0.717) is 6.61 Å². The van der Waals surface area contributed by atoms with Crippen LogP contribution in [0, 0.1) is 5.92 Å². The van der Waals surface area contributed by atoms with E-state index in [1.54, 1.807) is 13.0 Å². The van der Waals surface area contributed by atoms with Crippen LogP contribution in [0.15, 0.2) is 22.8 Å². The standard InChI is InChI=1S/C12H17NO4/c1-4-16-12(15)10(8(2)3)13-11(14)9-6-5-7-17-9/h5-8,10H,4H2,1-3H3,(H,13,14)/t10-/m0/s1. The predicted octanol–water partition coefficient (Wildman–Crippen LogP) is 1.60. The van der Waals surface area contributed by atoms with Crippen molar-refractivity contribution in [2.75, 3.05) is 6.61 Å². The molecule has 0 radical (unpaired) electrons. The molecule has 0 saturated heterocycles. The molecule has 0 aliphatic carbocycles. The molecule has 0 aliphatic rings. The summed E-state index contributed by atoms with van der Waals surface area (Å²) in [5.41, 5.74) is 0. The van der Waals surface area contributed by atoms with Crippen LogP contribution in [0.5, 0.6) is 0 Å². The Morgan fingerprint density at radius 3 is 2.65 bits per heavy atom. The van der Waals surface area contributed by atoms with Crippen molar-refractivity contribution in [3.63, 3.8) is 0 Å². The maximum absolute atomic E-state index is 11.7. The van der Waals surface area contributed by atoms with Crippen molar-refractivity contribution in [1.82, 2.24) is 5.32 Å². The van der Waals surface area contributed by atoms with Crippen LogP contribution in [0.1, 0.15) is 31.3 Å². The van der Waals surface area contributed by atoms with Crippen LogP contribution in [-0.4, -0.2) is 24.5 Å². The highest BCUT2D eigenvalue weighted by atomic mass is 16.5. The minimum Gasteiger partial charge on any atom is -0.464 e. The number of rotatable bonds is 5. The molecule has 5 nitrogen and oxygen atoms in total. The number of carbonyl (C=O) groups excluding carboxylic acids is 2. The van der Waals surface area contributed by atoms with Gasteiger partial charge in [-0.15, -0.1) is 0 Å². The summed E-state index contributed by atoms with van der Waals surface area (Å²) in [6, 6.07) is 2.49. The van der Waals surface area contributed by atoms with E-state index < -0.39 is 17.9 Å². The number of carbonyl (C=O) groups is 2. The summed E-state index contributed by atoms with van der Waals surface area (Å²) in [6.45, 7) is 5.69. The lowest BCUT2D eigenvalue weighted by molar-refractivity contribution is -0.146. The second kappa shape index (κ2) is 6.08. The highest BCUT2D eigenvalue weighted by molar-refractivity contribution is 5.94. The number of amides is 1. The molecule has 0 spiro atoms. The lowest BCUT2D eigenvalue weighted by Gasteiger charge is -2.19. The van der Waals surface area contributed by atoms with Gasteiger partial charge in [0.15, 0.2) is 5.76 Å². The Labute approximate surface area is 100 Å². The fourth-order valence-corrected chi connectivity index (χ4v) is 1.35. The van der Waals surface area contributed by atoms with E-state index in [2.05, 4.69) is 5.32 Å². The molecule has 94 valence electrons. The summed E-state index contributed by atoms with van der Waals surface area (Å²) >= 11 is 0. The zero-order valence-electron chi connectivity index (χ0n) is 10.2. The maximum Gasteiger partial charge on any atom is 0.328 e. The molecule has 1 aromatic rings. The lowest BCUT2D eigenvalue weighted by atomic mass is 10.0. The van der Waals surface area contributed by atoms with Gasteiger partial charge < -0.3 is 14.5 Å². The van der Waals surface area contributed by atoms with Gasteiger partial charge >= 0.3 is 5.97 Å². The van der Waals surface area contributed by atoms with Gasteiger partial charge in [0.2, 0.25) is 0 Å². The number of hydrogen-bond donors (Lipinski definition) is 1. The van der Waals surface area contributed by atoms with Crippen LogP contribution in [0.3, 0.4) is 0 Å². The number of furan rings is 1. The normalized spacial score (nSPS) is 12.2. The van der Waals surface area contributed by atoms with Gasteiger partial charge in [-0.1, -0.05) is 13.8 Å². The highest BCUT2D eigenvalue weighted by Crippen LogP contribution is 2.07. The molecule has 1 atom stereocenters. The van der Waals surface area contributed by atoms with Gasteiger partial charge in [0.05, 0.1) is 12.9 Å². The fourth-order valence-electron chi connectivity index (χ4n) is 1.35. The van der Waals surface area contributed by atoms with E-state index in [9.17, 15) is 9.59 Å². The summed E-state index contributed by atoms with van der Waals surface area (Å²) in [7, 11) is 0. The van der Waals surface area contributed by atoms with Crippen molar-refractivity contribution >= 4 is 11.9 Å². The number of ether oxygens (including phenoxy) is 1. The summed E-state index contributed by atoms with van der Waals surface area (Å²) in [5.74, 6) is -0.711. The molecule has 0 aromatic carbocycles. The average Bonchev–Trinajstić information content (AvgIpc) is 2.78. The molecule has 1 amide bonds. The maximum atomic E-state index is 11.7. The number of esters is 1. The minimum atomic E-state index is -0.660. The highest BCUT2D eigenvalue weighted by Gasteiger charge is 2.26. The zero-order valence-corrected chi connectivity index (χ0v) is 10.2. The second-order valence-electron chi connectivity index (χ2n) is 3.92. The minimum absolute atomic E-state index is 0.0482. The van der Waals surface area contributed by atoms with Crippen LogP contribution in [-0.2, 0) is 9.53 Å². The van der Waals surface area contributed by atoms with Crippen molar-refractivity contribution in [3.8, 4) is 0 Å². The Kier molecular flexibility index (Phi) is 4.75. The Balaban J connectivity index is 2.67. The van der Waals surface area contributed by atoms with Crippen LogP contribution >= 0.6 is 0 Å². The molecule has 1 N–H and O–H groups in total. The third-order valence-electron chi connectivity index (χ3n) is 2.24. The van der Waals surface area contributed by atoms with Crippen LogP contribution < -0.4 is 5.32 Å². The quantitative estimate of drug-likeness (QED) is 0.792. The first-order valence-electron chi connectivity index (χ1n) is 5.57. The van der Waals surface area contributed by atoms with E-state index >= 15 is 0 Å². The Hall–Kier alpha value is -1.78. The first-order chi connectivity index (χ1) is 8.06. The lowest BCUT2D eigenvalue weighted by Crippen LogP contribution is -2.45. The van der Waals surface area contributed by atoms with Gasteiger partial charge in [-0.3, -0.25) is 4.79 Å². The van der Waals surface area contributed by atoms with Gasteiger partial charge in [-0.2, -0.15) is 0 Å². The van der Waals surface area contributed by atoms with Crippen molar-refractivity contribution < 1.29 is 18.7 Å². The molecule has 0 bridgehead atoms. The zero-order chi connectivity index (χ0) is 12.8. The van der Waals surface area contributed by atoms with Gasteiger partial charge in [-0.05, 0) is 25.0 Å². The van der Waals surface area contributed by atoms with Crippen LogP contribution in [0.4, 0.5) is 0 Å². The third-order valence-corrected chi connectivity index (χ3v) is 2.24. The van der Waals surface area contributed by atoms with Crippen molar-refractivity contribution in [2.45, 2.75) is 26.8 Å². The molecular weight excluding hydrogens is 222 g/mol. The topological polar surface area (TPSA) is 68.5 Å². The summed E-state index contributed by atoms with van der Waals surface area (Å²) in [5, 5.41) is 2.60. The van der Waals surface area contributed by atoms with Gasteiger partial charge in [0.1, 0.15) is 6.04 Å².